The van der Waals surface area contributed by atoms with Crippen LogP contribution in [0.5, 0.6) is 0 Å². The minimum Gasteiger partial charge on any atom is -0.308 e. The summed E-state index contributed by atoms with van der Waals surface area (Å²) in [5, 5.41) is 8.80. The van der Waals surface area contributed by atoms with E-state index in [4.69, 9.17) is 11.6 Å². The van der Waals surface area contributed by atoms with Crippen LogP contribution < -0.4 is 0 Å². The lowest BCUT2D eigenvalue weighted by molar-refractivity contribution is 0.400. The number of aromatic nitrogens is 3. The van der Waals surface area contributed by atoms with Gasteiger partial charge >= 0.3 is 0 Å². The number of hydrogen-bond donors (Lipinski definition) is 0. The predicted molar refractivity (Wildman–Crippen MR) is 73.2 cm³/mol. The number of rotatable bonds is 1. The third kappa shape index (κ3) is 2.38. The van der Waals surface area contributed by atoms with Crippen LogP contribution in [0.1, 0.15) is 20.8 Å². The van der Waals surface area contributed by atoms with E-state index < -0.39 is 0 Å². The standard InChI is InChI=1S/C12H13BrClN3/c1-12(2,3)17-7-15-16-11(17)8-5-4-6-9(13)10(8)14/h4-7H,1-3H3. The highest BCUT2D eigenvalue weighted by molar-refractivity contribution is 9.10. The average molecular weight is 315 g/mol. The van der Waals surface area contributed by atoms with Crippen LogP contribution in [0.3, 0.4) is 0 Å². The molecule has 0 unspecified atom stereocenters. The minimum atomic E-state index is -0.0789. The Morgan fingerprint density at radius 3 is 2.65 bits per heavy atom. The molecular formula is C12H13BrClN3. The second-order valence-electron chi connectivity index (χ2n) is 4.80. The summed E-state index contributed by atoms with van der Waals surface area (Å²) in [5.74, 6) is 0.781. The van der Waals surface area contributed by atoms with Gasteiger partial charge in [-0.2, -0.15) is 0 Å². The van der Waals surface area contributed by atoms with Crippen LogP contribution in [0.25, 0.3) is 11.4 Å². The summed E-state index contributed by atoms with van der Waals surface area (Å²) >= 11 is 9.70. The first kappa shape index (κ1) is 12.6. The highest BCUT2D eigenvalue weighted by Crippen LogP contribution is 2.34. The highest BCUT2D eigenvalue weighted by atomic mass is 79.9. The lowest BCUT2D eigenvalue weighted by atomic mass is 10.1. The van der Waals surface area contributed by atoms with Gasteiger partial charge in [-0.05, 0) is 48.8 Å². The highest BCUT2D eigenvalue weighted by Gasteiger charge is 2.20. The largest absolute Gasteiger partial charge is 0.308 e. The van der Waals surface area contributed by atoms with E-state index in [1.165, 1.54) is 0 Å². The Morgan fingerprint density at radius 2 is 2.00 bits per heavy atom. The number of nitrogens with zero attached hydrogens (tertiary/aromatic N) is 3. The fourth-order valence-corrected chi connectivity index (χ4v) is 2.16. The van der Waals surface area contributed by atoms with Crippen molar-refractivity contribution in [1.29, 1.82) is 0 Å². The van der Waals surface area contributed by atoms with Gasteiger partial charge in [-0.25, -0.2) is 0 Å². The summed E-state index contributed by atoms with van der Waals surface area (Å²) in [5.41, 5.74) is 0.804. The molecule has 0 aliphatic rings. The smallest absolute Gasteiger partial charge is 0.165 e. The molecule has 0 fully saturated rings. The molecule has 1 aromatic carbocycles. The lowest BCUT2D eigenvalue weighted by Crippen LogP contribution is -2.21. The molecule has 90 valence electrons. The second-order valence-corrected chi connectivity index (χ2v) is 6.03. The minimum absolute atomic E-state index is 0.0789. The number of hydrogen-bond acceptors (Lipinski definition) is 2. The predicted octanol–water partition coefficient (Wildman–Crippen LogP) is 4.12. The molecule has 0 aliphatic carbocycles. The fourth-order valence-electron chi connectivity index (χ4n) is 1.59. The van der Waals surface area contributed by atoms with Crippen molar-refractivity contribution in [1.82, 2.24) is 14.8 Å². The molecule has 0 saturated carbocycles. The molecule has 2 aromatic rings. The molecule has 5 heteroatoms. The van der Waals surface area contributed by atoms with E-state index in [2.05, 4.69) is 46.9 Å². The Hall–Kier alpha value is -0.870. The second kappa shape index (κ2) is 4.42. The summed E-state index contributed by atoms with van der Waals surface area (Å²) in [7, 11) is 0. The molecule has 0 aliphatic heterocycles. The van der Waals surface area contributed by atoms with Crippen molar-refractivity contribution in [2.45, 2.75) is 26.3 Å². The monoisotopic (exact) mass is 313 g/mol. The van der Waals surface area contributed by atoms with Crippen LogP contribution in [0.2, 0.25) is 5.02 Å². The van der Waals surface area contributed by atoms with Gasteiger partial charge in [0.15, 0.2) is 5.82 Å². The molecule has 0 spiro atoms. The van der Waals surface area contributed by atoms with Crippen LogP contribution >= 0.6 is 27.5 Å². The summed E-state index contributed by atoms with van der Waals surface area (Å²) in [6.07, 6.45) is 1.73. The van der Waals surface area contributed by atoms with Gasteiger partial charge in [0.05, 0.1) is 5.02 Å². The van der Waals surface area contributed by atoms with E-state index in [0.29, 0.717) is 5.02 Å². The van der Waals surface area contributed by atoms with Crippen LogP contribution in [0, 0.1) is 0 Å². The van der Waals surface area contributed by atoms with Crippen molar-refractivity contribution < 1.29 is 0 Å². The van der Waals surface area contributed by atoms with Crippen molar-refractivity contribution in [3.63, 3.8) is 0 Å². The molecule has 2 rings (SSSR count). The first-order valence-corrected chi connectivity index (χ1v) is 6.43. The zero-order chi connectivity index (χ0) is 12.6. The summed E-state index contributed by atoms with van der Waals surface area (Å²) in [4.78, 5) is 0. The van der Waals surface area contributed by atoms with Crippen LogP contribution in [-0.4, -0.2) is 14.8 Å². The molecule has 0 atom stereocenters. The molecular weight excluding hydrogens is 302 g/mol. The van der Waals surface area contributed by atoms with E-state index >= 15 is 0 Å². The van der Waals surface area contributed by atoms with Crippen molar-refractivity contribution in [3.05, 3.63) is 34.0 Å². The molecule has 17 heavy (non-hydrogen) atoms. The SMILES string of the molecule is CC(C)(C)n1cnnc1-c1cccc(Br)c1Cl. The number of halogens is 2. The Balaban J connectivity index is 2.62. The molecule has 0 bridgehead atoms. The molecule has 0 saturated heterocycles. The van der Waals surface area contributed by atoms with Gasteiger partial charge in [0, 0.05) is 15.6 Å². The van der Waals surface area contributed by atoms with Gasteiger partial charge in [-0.1, -0.05) is 17.7 Å². The summed E-state index contributed by atoms with van der Waals surface area (Å²) in [6, 6.07) is 5.79. The van der Waals surface area contributed by atoms with Crippen LogP contribution in [0.4, 0.5) is 0 Å². The first-order valence-electron chi connectivity index (χ1n) is 5.26. The van der Waals surface area contributed by atoms with Gasteiger partial charge in [0.2, 0.25) is 0 Å². The third-order valence-electron chi connectivity index (χ3n) is 2.46. The van der Waals surface area contributed by atoms with E-state index in [9.17, 15) is 0 Å². The van der Waals surface area contributed by atoms with Gasteiger partial charge in [0.1, 0.15) is 6.33 Å². The van der Waals surface area contributed by atoms with Gasteiger partial charge in [-0.3, -0.25) is 0 Å². The summed E-state index contributed by atoms with van der Waals surface area (Å²) < 4.78 is 2.88. The Morgan fingerprint density at radius 1 is 1.29 bits per heavy atom. The van der Waals surface area contributed by atoms with Crippen molar-refractivity contribution in [3.8, 4) is 11.4 Å². The van der Waals surface area contributed by atoms with Gasteiger partial charge in [0.25, 0.3) is 0 Å². The maximum Gasteiger partial charge on any atom is 0.165 e. The first-order chi connectivity index (χ1) is 7.91. The van der Waals surface area contributed by atoms with Gasteiger partial charge < -0.3 is 4.57 Å². The van der Waals surface area contributed by atoms with E-state index in [1.54, 1.807) is 6.33 Å². The van der Waals surface area contributed by atoms with E-state index in [-0.39, 0.29) is 5.54 Å². The third-order valence-corrected chi connectivity index (χ3v) is 3.76. The lowest BCUT2D eigenvalue weighted by Gasteiger charge is -2.22. The topological polar surface area (TPSA) is 30.7 Å². The summed E-state index contributed by atoms with van der Waals surface area (Å²) in [6.45, 7) is 6.31. The fraction of sp³-hybridized carbons (Fsp3) is 0.333. The number of benzene rings is 1. The molecule has 1 aromatic heterocycles. The maximum absolute atomic E-state index is 6.28. The molecule has 0 amide bonds. The van der Waals surface area contributed by atoms with Crippen LogP contribution in [0.15, 0.2) is 29.0 Å². The molecule has 0 radical (unpaired) electrons. The Labute approximate surface area is 114 Å². The Kier molecular flexibility index (Phi) is 3.27. The van der Waals surface area contributed by atoms with Crippen molar-refractivity contribution >= 4 is 27.5 Å². The van der Waals surface area contributed by atoms with Crippen molar-refractivity contribution in [2.75, 3.05) is 0 Å². The Bertz CT molecular complexity index is 543. The molecule has 0 N–H and O–H groups in total. The van der Waals surface area contributed by atoms with Crippen LogP contribution in [-0.2, 0) is 5.54 Å². The van der Waals surface area contributed by atoms with E-state index in [0.717, 1.165) is 15.9 Å². The van der Waals surface area contributed by atoms with E-state index in [1.807, 2.05) is 22.8 Å². The maximum atomic E-state index is 6.28. The normalized spacial score (nSPS) is 11.8. The zero-order valence-corrected chi connectivity index (χ0v) is 12.2. The quantitative estimate of drug-likeness (QED) is 0.793. The van der Waals surface area contributed by atoms with Gasteiger partial charge in [-0.15, -0.1) is 10.2 Å². The van der Waals surface area contributed by atoms with Crippen molar-refractivity contribution in [2.24, 2.45) is 0 Å². The molecule has 1 heterocycles. The average Bonchev–Trinajstić information content (AvgIpc) is 2.70. The zero-order valence-electron chi connectivity index (χ0n) is 9.91. The molecule has 3 nitrogen and oxygen atoms in total.